The fourth-order valence-electron chi connectivity index (χ4n) is 7.08. The summed E-state index contributed by atoms with van der Waals surface area (Å²) in [7, 11) is -4.01. The number of hydrogen-bond donors (Lipinski definition) is 3. The highest BCUT2D eigenvalue weighted by Crippen LogP contribution is 2.47. The van der Waals surface area contributed by atoms with Gasteiger partial charge in [0.05, 0.1) is 28.0 Å². The lowest BCUT2D eigenvalue weighted by Crippen LogP contribution is -2.58. The Morgan fingerprint density at radius 1 is 1.11 bits per heavy atom. The zero-order chi connectivity index (χ0) is 37.7. The average molecular weight is 768 g/mol. The summed E-state index contributed by atoms with van der Waals surface area (Å²) in [6.07, 6.45) is 7.09. The number of aromatic nitrogens is 3. The van der Waals surface area contributed by atoms with Gasteiger partial charge in [-0.2, -0.15) is 0 Å². The summed E-state index contributed by atoms with van der Waals surface area (Å²) in [5.74, 6) is -3.47. The number of halogens is 1. The summed E-state index contributed by atoms with van der Waals surface area (Å²) in [6, 6.07) is 2.25. The molecule has 7 rings (SSSR count). The molecule has 2 saturated carbocycles. The topological polar surface area (TPSA) is 190 Å². The number of thiazole rings is 1. The van der Waals surface area contributed by atoms with Crippen molar-refractivity contribution >= 4 is 56.0 Å². The SMILES string of the molecule is Cc1nc2cccc(F)c2nc1O[C@@H]1C[C@H]2C(=O)N[C@]3(C(=O)NS(=O)(=O)C4(C)CC4)C[C@H]3/C=C\CCCCC[C@H](NC(=O)c3scnc3C)C(=O)N2C1. The van der Waals surface area contributed by atoms with Crippen molar-refractivity contribution in [1.29, 1.82) is 0 Å². The largest absolute Gasteiger partial charge is 0.471 e. The van der Waals surface area contributed by atoms with E-state index in [9.17, 15) is 32.0 Å². The summed E-state index contributed by atoms with van der Waals surface area (Å²) in [5, 5.41) is 5.73. The first-order valence-corrected chi connectivity index (χ1v) is 20.2. The van der Waals surface area contributed by atoms with Crippen LogP contribution in [-0.4, -0.2) is 86.9 Å². The highest BCUT2D eigenvalue weighted by atomic mass is 32.2. The molecule has 0 radical (unpaired) electrons. The molecule has 5 atom stereocenters. The van der Waals surface area contributed by atoms with E-state index in [1.54, 1.807) is 32.3 Å². The Hall–Kier alpha value is -4.51. The fraction of sp³-hybridized carbons (Fsp3) is 0.528. The van der Waals surface area contributed by atoms with E-state index < -0.39 is 73.9 Å². The van der Waals surface area contributed by atoms with Crippen LogP contribution in [0.4, 0.5) is 4.39 Å². The molecule has 4 heterocycles. The van der Waals surface area contributed by atoms with Crippen LogP contribution in [-0.2, 0) is 24.4 Å². The van der Waals surface area contributed by atoms with Crippen LogP contribution >= 0.6 is 11.3 Å². The second-order valence-corrected chi connectivity index (χ2v) is 17.8. The van der Waals surface area contributed by atoms with Gasteiger partial charge in [0, 0.05) is 12.3 Å². The second-order valence-electron chi connectivity index (χ2n) is 14.7. The number of rotatable bonds is 7. The highest BCUT2D eigenvalue weighted by Gasteiger charge is 2.63. The van der Waals surface area contributed by atoms with E-state index >= 15 is 0 Å². The van der Waals surface area contributed by atoms with Gasteiger partial charge in [0.15, 0.2) is 5.82 Å². The van der Waals surface area contributed by atoms with Crippen molar-refractivity contribution in [3.05, 3.63) is 57.9 Å². The van der Waals surface area contributed by atoms with Crippen LogP contribution in [0.2, 0.25) is 0 Å². The highest BCUT2D eigenvalue weighted by molar-refractivity contribution is 7.91. The van der Waals surface area contributed by atoms with Crippen molar-refractivity contribution in [1.82, 2.24) is 35.2 Å². The number of nitrogens with one attached hydrogen (secondary N) is 3. The van der Waals surface area contributed by atoms with E-state index in [0.717, 1.165) is 24.2 Å². The minimum absolute atomic E-state index is 0.00620. The number of fused-ring (bicyclic) bond motifs is 3. The maximum Gasteiger partial charge on any atom is 0.263 e. The summed E-state index contributed by atoms with van der Waals surface area (Å²) >= 11 is 1.16. The Labute approximate surface area is 310 Å². The number of carbonyl (C=O) groups is 4. The first kappa shape index (κ1) is 36.8. The van der Waals surface area contributed by atoms with Crippen molar-refractivity contribution in [2.24, 2.45) is 5.92 Å². The van der Waals surface area contributed by atoms with Crippen LogP contribution in [0.5, 0.6) is 5.88 Å². The molecule has 4 aliphatic rings. The molecule has 282 valence electrons. The van der Waals surface area contributed by atoms with Crippen LogP contribution in [0.1, 0.15) is 85.8 Å². The summed E-state index contributed by atoms with van der Waals surface area (Å²) in [5.41, 5.74) is 1.26. The number of allylic oxidation sites excluding steroid dienone is 1. The standard InChI is InChI=1S/C36H42FN7O7S2/c1-20-29(52-19-38-20)31(46)40-26-12-8-6-4-5-7-10-22-17-36(22,34(48)43-53(49,50)35(3)14-15-35)42-30(45)27-16-23(18-44(27)33(26)47)51-32-21(2)39-25-13-9-11-24(37)28(25)41-32/h7,9-11,13,19,22-23,26-27H,4-6,8,12,14-18H2,1-3H3,(H,40,46)(H,42,45)(H,43,48)/b10-7-/t22-,23-,26+,27+,36-/m1/s1. The summed E-state index contributed by atoms with van der Waals surface area (Å²) in [6.45, 7) is 4.85. The van der Waals surface area contributed by atoms with Gasteiger partial charge in [-0.1, -0.05) is 31.1 Å². The van der Waals surface area contributed by atoms with Gasteiger partial charge >= 0.3 is 0 Å². The van der Waals surface area contributed by atoms with Gasteiger partial charge in [0.25, 0.3) is 11.8 Å². The van der Waals surface area contributed by atoms with Gasteiger partial charge in [-0.3, -0.25) is 23.9 Å². The lowest BCUT2D eigenvalue weighted by atomic mass is 10.0. The Kier molecular flexibility index (Phi) is 9.76. The molecule has 1 saturated heterocycles. The van der Waals surface area contributed by atoms with Crippen LogP contribution in [0.25, 0.3) is 11.0 Å². The third kappa shape index (κ3) is 7.24. The lowest BCUT2D eigenvalue weighted by molar-refractivity contribution is -0.141. The molecular formula is C36H42FN7O7S2. The first-order chi connectivity index (χ1) is 25.2. The van der Waals surface area contributed by atoms with Gasteiger partial charge in [0.1, 0.15) is 39.8 Å². The van der Waals surface area contributed by atoms with Crippen LogP contribution in [0.15, 0.2) is 35.9 Å². The first-order valence-electron chi connectivity index (χ1n) is 17.9. The number of amides is 4. The smallest absolute Gasteiger partial charge is 0.263 e. The molecule has 4 amide bonds. The Morgan fingerprint density at radius 3 is 2.64 bits per heavy atom. The van der Waals surface area contributed by atoms with Gasteiger partial charge in [-0.25, -0.2) is 27.8 Å². The number of ether oxygens (including phenoxy) is 1. The van der Waals surface area contributed by atoms with Crippen LogP contribution in [0, 0.1) is 25.6 Å². The Balaban J connectivity index is 1.20. The van der Waals surface area contributed by atoms with E-state index in [4.69, 9.17) is 4.74 Å². The molecule has 14 nitrogen and oxygen atoms in total. The zero-order valence-corrected chi connectivity index (χ0v) is 31.3. The minimum Gasteiger partial charge on any atom is -0.471 e. The molecule has 0 bridgehead atoms. The van der Waals surface area contributed by atoms with Crippen molar-refractivity contribution < 1.29 is 36.7 Å². The molecule has 1 aromatic carbocycles. The second kappa shape index (κ2) is 14.0. The maximum absolute atomic E-state index is 14.7. The Morgan fingerprint density at radius 2 is 1.91 bits per heavy atom. The molecule has 3 aromatic rings. The number of benzene rings is 1. The predicted molar refractivity (Wildman–Crippen MR) is 193 cm³/mol. The van der Waals surface area contributed by atoms with Crippen molar-refractivity contribution in [3.63, 3.8) is 0 Å². The number of para-hydroxylation sites is 1. The monoisotopic (exact) mass is 767 g/mol. The number of aryl methyl sites for hydroxylation is 2. The predicted octanol–water partition coefficient (Wildman–Crippen LogP) is 3.38. The molecule has 2 aromatic heterocycles. The van der Waals surface area contributed by atoms with E-state index in [2.05, 4.69) is 30.3 Å². The number of carbonyl (C=O) groups excluding carboxylic acids is 4. The number of nitrogens with zero attached hydrogens (tertiary/aromatic N) is 4. The van der Waals surface area contributed by atoms with Crippen molar-refractivity contribution in [2.75, 3.05) is 6.54 Å². The van der Waals surface area contributed by atoms with E-state index in [1.807, 2.05) is 12.2 Å². The van der Waals surface area contributed by atoms with E-state index in [-0.39, 0.29) is 30.8 Å². The molecule has 17 heteroatoms. The molecule has 2 aliphatic heterocycles. The number of hydrogen-bond acceptors (Lipinski definition) is 11. The van der Waals surface area contributed by atoms with Crippen molar-refractivity contribution in [3.8, 4) is 5.88 Å². The third-order valence-electron chi connectivity index (χ3n) is 10.8. The average Bonchev–Trinajstić information content (AvgIpc) is 3.91. The molecule has 3 N–H and O–H groups in total. The van der Waals surface area contributed by atoms with Gasteiger partial charge in [0.2, 0.25) is 27.7 Å². The molecule has 2 aliphatic carbocycles. The molecular weight excluding hydrogens is 726 g/mol. The lowest BCUT2D eigenvalue weighted by Gasteiger charge is -2.30. The minimum atomic E-state index is -4.01. The molecule has 53 heavy (non-hydrogen) atoms. The zero-order valence-electron chi connectivity index (χ0n) is 29.7. The fourth-order valence-corrected chi connectivity index (χ4v) is 9.09. The summed E-state index contributed by atoms with van der Waals surface area (Å²) in [4.78, 5) is 70.7. The summed E-state index contributed by atoms with van der Waals surface area (Å²) < 4.78 is 48.3. The Bertz CT molecular complexity index is 2120. The van der Waals surface area contributed by atoms with Crippen LogP contribution in [0.3, 0.4) is 0 Å². The molecule has 0 unspecified atom stereocenters. The van der Waals surface area contributed by atoms with Gasteiger partial charge in [-0.15, -0.1) is 11.3 Å². The normalized spacial score (nSPS) is 27.7. The van der Waals surface area contributed by atoms with E-state index in [1.165, 1.54) is 17.0 Å². The van der Waals surface area contributed by atoms with Gasteiger partial charge < -0.3 is 20.3 Å². The number of sulfonamides is 1. The molecule has 0 spiro atoms. The van der Waals surface area contributed by atoms with Crippen LogP contribution < -0.4 is 20.1 Å². The van der Waals surface area contributed by atoms with Gasteiger partial charge in [-0.05, 0) is 71.4 Å². The van der Waals surface area contributed by atoms with Crippen molar-refractivity contribution in [2.45, 2.75) is 107 Å². The maximum atomic E-state index is 14.7. The molecule has 3 fully saturated rings. The van der Waals surface area contributed by atoms with E-state index in [0.29, 0.717) is 53.9 Å². The quantitative estimate of drug-likeness (QED) is 0.301. The third-order valence-corrected chi connectivity index (χ3v) is 13.9.